The molecule has 13 heavy (non-hydrogen) atoms. The van der Waals surface area contributed by atoms with Crippen LogP contribution in [0.4, 0.5) is 4.39 Å². The third kappa shape index (κ3) is 2.51. The summed E-state index contributed by atoms with van der Waals surface area (Å²) in [6.07, 6.45) is 4.18. The Morgan fingerprint density at radius 3 is 2.46 bits per heavy atom. The molecule has 2 rings (SSSR count). The highest BCUT2D eigenvalue weighted by molar-refractivity contribution is 5.22. The summed E-state index contributed by atoms with van der Waals surface area (Å²) in [7, 11) is 0. The van der Waals surface area contributed by atoms with Crippen molar-refractivity contribution in [1.82, 2.24) is 4.98 Å². The maximum absolute atomic E-state index is 12.9. The fraction of sp³-hybridized carbons (Fsp3) is 0.545. The fourth-order valence-corrected chi connectivity index (χ4v) is 1.16. The van der Waals surface area contributed by atoms with E-state index in [0.717, 1.165) is 5.56 Å². The summed E-state index contributed by atoms with van der Waals surface area (Å²) >= 11 is 0. The van der Waals surface area contributed by atoms with Crippen LogP contribution in [0.1, 0.15) is 43.9 Å². The topological polar surface area (TPSA) is 12.9 Å². The molecule has 2 heteroatoms. The van der Waals surface area contributed by atoms with Gasteiger partial charge in [-0.1, -0.05) is 13.8 Å². The van der Waals surface area contributed by atoms with Crippen molar-refractivity contribution < 1.29 is 4.39 Å². The monoisotopic (exact) mass is 181 g/mol. The number of halogens is 1. The third-order valence-electron chi connectivity index (χ3n) is 2.10. The Hall–Kier alpha value is -0.920. The van der Waals surface area contributed by atoms with Crippen LogP contribution in [0.3, 0.4) is 0 Å². The number of aryl methyl sites for hydroxylation is 1. The van der Waals surface area contributed by atoms with Crippen LogP contribution in [-0.4, -0.2) is 4.98 Å². The first-order chi connectivity index (χ1) is 6.27. The van der Waals surface area contributed by atoms with Gasteiger partial charge < -0.3 is 0 Å². The quantitative estimate of drug-likeness (QED) is 0.646. The highest BCUT2D eigenvalue weighted by atomic mass is 19.1. The molecule has 0 aromatic carbocycles. The Morgan fingerprint density at radius 2 is 2.00 bits per heavy atom. The molecule has 0 radical (unpaired) electrons. The van der Waals surface area contributed by atoms with E-state index in [1.807, 2.05) is 13.8 Å². The lowest BCUT2D eigenvalue weighted by Gasteiger charge is -1.98. The van der Waals surface area contributed by atoms with Gasteiger partial charge in [0, 0.05) is 6.20 Å². The van der Waals surface area contributed by atoms with Gasteiger partial charge in [0.1, 0.15) is 5.82 Å². The zero-order valence-corrected chi connectivity index (χ0v) is 8.47. The average Bonchev–Trinajstić information content (AvgIpc) is 2.96. The molecule has 0 aliphatic heterocycles. The van der Waals surface area contributed by atoms with E-state index in [-0.39, 0.29) is 5.82 Å². The van der Waals surface area contributed by atoms with Crippen molar-refractivity contribution in [2.45, 2.75) is 39.5 Å². The van der Waals surface area contributed by atoms with E-state index in [4.69, 9.17) is 0 Å². The number of nitrogens with zero attached hydrogens (tertiary/aromatic N) is 1. The second kappa shape index (κ2) is 4.35. The minimum absolute atomic E-state index is 0.172. The van der Waals surface area contributed by atoms with Gasteiger partial charge in [0.2, 0.25) is 0 Å². The van der Waals surface area contributed by atoms with Crippen LogP contribution in [0.15, 0.2) is 12.3 Å². The second-order valence-corrected chi connectivity index (χ2v) is 3.11. The first kappa shape index (κ1) is 10.2. The molecule has 1 heterocycles. The van der Waals surface area contributed by atoms with E-state index in [0.29, 0.717) is 11.6 Å². The van der Waals surface area contributed by atoms with Gasteiger partial charge in [-0.05, 0) is 37.3 Å². The molecule has 1 aromatic heterocycles. The molecule has 72 valence electrons. The summed E-state index contributed by atoms with van der Waals surface area (Å²) in [6, 6.07) is 1.61. The maximum atomic E-state index is 12.9. The summed E-state index contributed by atoms with van der Waals surface area (Å²) in [5, 5.41) is 0. The van der Waals surface area contributed by atoms with Crippen LogP contribution in [0.2, 0.25) is 0 Å². The molecule has 0 saturated heterocycles. The maximum Gasteiger partial charge on any atom is 0.144 e. The van der Waals surface area contributed by atoms with Crippen LogP contribution in [0.5, 0.6) is 0 Å². The molecule has 0 bridgehead atoms. The number of hydrogen-bond acceptors (Lipinski definition) is 1. The molecule has 1 aliphatic carbocycles. The molecule has 1 aliphatic rings. The Bertz CT molecular complexity index is 279. The molecule has 0 amide bonds. The SMILES string of the molecule is CC.Cc1ncc(C2CC2)cc1F. The summed E-state index contributed by atoms with van der Waals surface area (Å²) in [4.78, 5) is 3.96. The van der Waals surface area contributed by atoms with Crippen molar-refractivity contribution in [3.8, 4) is 0 Å². The van der Waals surface area contributed by atoms with Gasteiger partial charge in [-0.3, -0.25) is 4.98 Å². The molecule has 1 saturated carbocycles. The van der Waals surface area contributed by atoms with Gasteiger partial charge in [-0.2, -0.15) is 0 Å². The lowest BCUT2D eigenvalue weighted by molar-refractivity contribution is 0.607. The van der Waals surface area contributed by atoms with Crippen LogP contribution in [0.25, 0.3) is 0 Å². The Kier molecular flexibility index (Phi) is 3.40. The van der Waals surface area contributed by atoms with E-state index in [1.165, 1.54) is 12.8 Å². The number of hydrogen-bond donors (Lipinski definition) is 0. The number of rotatable bonds is 1. The molecular weight excluding hydrogens is 165 g/mol. The first-order valence-electron chi connectivity index (χ1n) is 4.89. The van der Waals surface area contributed by atoms with Crippen molar-refractivity contribution >= 4 is 0 Å². The zero-order valence-electron chi connectivity index (χ0n) is 8.47. The van der Waals surface area contributed by atoms with Crippen LogP contribution < -0.4 is 0 Å². The Balaban J connectivity index is 0.000000396. The summed E-state index contributed by atoms with van der Waals surface area (Å²) in [5.41, 5.74) is 1.56. The number of aromatic nitrogens is 1. The smallest absolute Gasteiger partial charge is 0.144 e. The summed E-state index contributed by atoms with van der Waals surface area (Å²) < 4.78 is 12.9. The minimum Gasteiger partial charge on any atom is -0.258 e. The molecule has 0 atom stereocenters. The average molecular weight is 181 g/mol. The van der Waals surface area contributed by atoms with Gasteiger partial charge in [-0.15, -0.1) is 0 Å². The molecule has 0 unspecified atom stereocenters. The van der Waals surface area contributed by atoms with Crippen molar-refractivity contribution in [1.29, 1.82) is 0 Å². The molecule has 0 spiro atoms. The van der Waals surface area contributed by atoms with Gasteiger partial charge >= 0.3 is 0 Å². The van der Waals surface area contributed by atoms with Gasteiger partial charge in [0.05, 0.1) is 5.69 Å². The molecule has 1 aromatic rings. The van der Waals surface area contributed by atoms with Crippen LogP contribution >= 0.6 is 0 Å². The van der Waals surface area contributed by atoms with Gasteiger partial charge in [0.25, 0.3) is 0 Å². The van der Waals surface area contributed by atoms with Crippen molar-refractivity contribution in [3.63, 3.8) is 0 Å². The van der Waals surface area contributed by atoms with E-state index in [9.17, 15) is 4.39 Å². The van der Waals surface area contributed by atoms with Crippen molar-refractivity contribution in [2.75, 3.05) is 0 Å². The zero-order chi connectivity index (χ0) is 9.84. The summed E-state index contributed by atoms with van der Waals surface area (Å²) in [6.45, 7) is 5.69. The second-order valence-electron chi connectivity index (χ2n) is 3.11. The van der Waals surface area contributed by atoms with Crippen LogP contribution in [-0.2, 0) is 0 Å². The third-order valence-corrected chi connectivity index (χ3v) is 2.10. The number of pyridine rings is 1. The Labute approximate surface area is 79.0 Å². The van der Waals surface area contributed by atoms with E-state index >= 15 is 0 Å². The van der Waals surface area contributed by atoms with Crippen molar-refractivity contribution in [3.05, 3.63) is 29.3 Å². The lowest BCUT2D eigenvalue weighted by Crippen LogP contribution is -1.90. The van der Waals surface area contributed by atoms with Gasteiger partial charge in [0.15, 0.2) is 0 Å². The predicted molar refractivity (Wildman–Crippen MR) is 52.3 cm³/mol. The largest absolute Gasteiger partial charge is 0.258 e. The molecule has 0 N–H and O–H groups in total. The van der Waals surface area contributed by atoms with Gasteiger partial charge in [-0.25, -0.2) is 4.39 Å². The highest BCUT2D eigenvalue weighted by Crippen LogP contribution is 2.39. The highest BCUT2D eigenvalue weighted by Gasteiger charge is 2.24. The van der Waals surface area contributed by atoms with E-state index in [1.54, 1.807) is 19.2 Å². The molecule has 1 nitrogen and oxygen atoms in total. The van der Waals surface area contributed by atoms with Crippen LogP contribution in [0, 0.1) is 12.7 Å². The summed E-state index contributed by atoms with van der Waals surface area (Å²) in [5.74, 6) is 0.423. The predicted octanol–water partition coefficient (Wildman–Crippen LogP) is 3.43. The van der Waals surface area contributed by atoms with E-state index in [2.05, 4.69) is 4.98 Å². The lowest BCUT2D eigenvalue weighted by atomic mass is 10.2. The van der Waals surface area contributed by atoms with E-state index < -0.39 is 0 Å². The fourth-order valence-electron chi connectivity index (χ4n) is 1.16. The molecular formula is C11H16FN. The minimum atomic E-state index is -0.172. The standard InChI is InChI=1S/C9H10FN.C2H6/c1-6-9(10)4-8(5-11-6)7-2-3-7;1-2/h4-5,7H,2-3H2,1H3;1-2H3. The van der Waals surface area contributed by atoms with Crippen molar-refractivity contribution in [2.24, 2.45) is 0 Å². The molecule has 1 fully saturated rings. The Morgan fingerprint density at radius 1 is 1.38 bits per heavy atom. The first-order valence-corrected chi connectivity index (χ1v) is 4.89. The normalized spacial score (nSPS) is 14.8.